The molecular weight excluding hydrogens is 240 g/mol. The maximum Gasteiger partial charge on any atom is 0.301 e. The summed E-state index contributed by atoms with van der Waals surface area (Å²) in [6.45, 7) is 1.89. The highest BCUT2D eigenvalue weighted by atomic mass is 16.6. The van der Waals surface area contributed by atoms with Gasteiger partial charge in [-0.3, -0.25) is 25.7 Å². The van der Waals surface area contributed by atoms with Crippen molar-refractivity contribution in [2.45, 2.75) is 19.8 Å². The van der Waals surface area contributed by atoms with E-state index in [1.165, 1.54) is 6.21 Å². The number of nitrogens with one attached hydrogen (secondary N) is 1. The van der Waals surface area contributed by atoms with Crippen LogP contribution in [0.4, 0.5) is 17.1 Å². The van der Waals surface area contributed by atoms with Gasteiger partial charge in [0.15, 0.2) is 0 Å². The van der Waals surface area contributed by atoms with Gasteiger partial charge in [-0.05, 0) is 12.5 Å². The van der Waals surface area contributed by atoms with Gasteiger partial charge in [0.1, 0.15) is 5.69 Å². The van der Waals surface area contributed by atoms with Crippen molar-refractivity contribution in [1.82, 2.24) is 0 Å². The van der Waals surface area contributed by atoms with Gasteiger partial charge in [0.2, 0.25) is 0 Å². The van der Waals surface area contributed by atoms with Crippen molar-refractivity contribution in [2.24, 2.45) is 5.10 Å². The van der Waals surface area contributed by atoms with Crippen LogP contribution in [0.2, 0.25) is 0 Å². The van der Waals surface area contributed by atoms with E-state index in [4.69, 9.17) is 4.11 Å². The Kier molecular flexibility index (Phi) is 3.32. The van der Waals surface area contributed by atoms with Gasteiger partial charge in [0, 0.05) is 12.3 Å². The third kappa shape index (κ3) is 3.51. The van der Waals surface area contributed by atoms with Crippen LogP contribution >= 0.6 is 0 Å². The van der Waals surface area contributed by atoms with Crippen molar-refractivity contribution in [3.8, 4) is 0 Å². The van der Waals surface area contributed by atoms with Gasteiger partial charge in [-0.15, -0.1) is 0 Å². The first kappa shape index (κ1) is 9.51. The molecule has 1 aromatic carbocycles. The molecule has 0 atom stereocenters. The average Bonchev–Trinajstić information content (AvgIpc) is 2.39. The van der Waals surface area contributed by atoms with E-state index in [9.17, 15) is 20.2 Å². The van der Waals surface area contributed by atoms with E-state index < -0.39 is 45.0 Å². The molecule has 0 aliphatic carbocycles. The van der Waals surface area contributed by atoms with Crippen LogP contribution in [0.5, 0.6) is 0 Å². The summed E-state index contributed by atoms with van der Waals surface area (Å²) in [4.78, 5) is 19.7. The lowest BCUT2D eigenvalue weighted by molar-refractivity contribution is -0.393. The summed E-state index contributed by atoms with van der Waals surface area (Å²) in [5, 5.41) is 25.4. The first-order valence-corrected chi connectivity index (χ1v) is 5.02. The highest BCUT2D eigenvalue weighted by Crippen LogP contribution is 2.28. The largest absolute Gasteiger partial charge is 0.301 e. The van der Waals surface area contributed by atoms with Crippen molar-refractivity contribution >= 4 is 23.3 Å². The number of nitrogens with zero attached hydrogens (tertiary/aromatic N) is 3. The Hall–Kier alpha value is -2.51. The standard InChI is InChI=1S/C10H12N4O4/c1-2-3-6-11-12-9-5-4-8(13(15)16)7-10(9)14(17)18/h4-7,12H,2-3H2,1H3/b11-6+/i4D,5D,7D. The van der Waals surface area contributed by atoms with E-state index in [0.717, 1.165) is 6.42 Å². The average molecular weight is 255 g/mol. The summed E-state index contributed by atoms with van der Waals surface area (Å²) in [5.74, 6) is 0. The first-order chi connectivity index (χ1) is 9.82. The zero-order valence-corrected chi connectivity index (χ0v) is 9.47. The summed E-state index contributed by atoms with van der Waals surface area (Å²) >= 11 is 0. The Morgan fingerprint density at radius 1 is 1.44 bits per heavy atom. The second-order valence-electron chi connectivity index (χ2n) is 3.17. The Balaban J connectivity index is 3.49. The Bertz CT molecular complexity index is 621. The quantitative estimate of drug-likeness (QED) is 0.477. The highest BCUT2D eigenvalue weighted by Gasteiger charge is 2.18. The smallest absolute Gasteiger partial charge is 0.272 e. The number of hydrogen-bond acceptors (Lipinski definition) is 6. The molecule has 0 saturated heterocycles. The lowest BCUT2D eigenvalue weighted by atomic mass is 10.2. The molecule has 0 saturated carbocycles. The number of nitro groups is 2. The molecular formula is C10H12N4O4. The minimum absolute atomic E-state index is 0.507. The molecule has 96 valence electrons. The van der Waals surface area contributed by atoms with Crippen LogP contribution in [-0.4, -0.2) is 16.1 Å². The molecule has 8 heteroatoms. The van der Waals surface area contributed by atoms with E-state index in [0.29, 0.717) is 6.42 Å². The number of nitro benzene ring substituents is 2. The monoisotopic (exact) mass is 255 g/mol. The summed E-state index contributed by atoms with van der Waals surface area (Å²) < 4.78 is 22.6. The van der Waals surface area contributed by atoms with E-state index in [1.54, 1.807) is 0 Å². The Morgan fingerprint density at radius 3 is 2.72 bits per heavy atom. The second-order valence-corrected chi connectivity index (χ2v) is 3.17. The van der Waals surface area contributed by atoms with Crippen molar-refractivity contribution in [2.75, 3.05) is 5.43 Å². The number of anilines is 1. The fraction of sp³-hybridized carbons (Fsp3) is 0.300. The molecule has 0 bridgehead atoms. The minimum Gasteiger partial charge on any atom is -0.272 e. The third-order valence-electron chi connectivity index (χ3n) is 1.83. The predicted octanol–water partition coefficient (Wildman–Crippen LogP) is 2.70. The van der Waals surface area contributed by atoms with Gasteiger partial charge in [0.25, 0.3) is 5.69 Å². The maximum atomic E-state index is 11.0. The fourth-order valence-corrected chi connectivity index (χ4v) is 1.000. The third-order valence-corrected chi connectivity index (χ3v) is 1.83. The lowest BCUT2D eigenvalue weighted by Gasteiger charge is -2.01. The van der Waals surface area contributed by atoms with Gasteiger partial charge in [-0.2, -0.15) is 5.10 Å². The van der Waals surface area contributed by atoms with Crippen LogP contribution in [0, 0.1) is 20.2 Å². The van der Waals surface area contributed by atoms with Crippen molar-refractivity contribution in [3.05, 3.63) is 38.4 Å². The number of hydrazone groups is 1. The van der Waals surface area contributed by atoms with E-state index >= 15 is 0 Å². The molecule has 18 heavy (non-hydrogen) atoms. The summed E-state index contributed by atoms with van der Waals surface area (Å²) in [6.07, 6.45) is 2.79. The fourth-order valence-electron chi connectivity index (χ4n) is 1.000. The van der Waals surface area contributed by atoms with Crippen LogP contribution in [0.3, 0.4) is 0 Å². The molecule has 1 aromatic rings. The van der Waals surface area contributed by atoms with Crippen LogP contribution in [0.15, 0.2) is 23.2 Å². The molecule has 0 radical (unpaired) electrons. The minimum atomic E-state index is -1.08. The molecule has 0 amide bonds. The number of rotatable bonds is 6. The van der Waals surface area contributed by atoms with Crippen LogP contribution in [0.1, 0.15) is 23.9 Å². The zero-order valence-electron chi connectivity index (χ0n) is 12.5. The SMILES string of the molecule is [2H]c1c([2H])c([N+](=O)[O-])c([2H])c([N+](=O)[O-])c1N/N=C/CCC. The van der Waals surface area contributed by atoms with Crippen molar-refractivity contribution in [1.29, 1.82) is 0 Å². The van der Waals surface area contributed by atoms with Gasteiger partial charge in [0.05, 0.1) is 20.0 Å². The summed E-state index contributed by atoms with van der Waals surface area (Å²) in [6, 6.07) is -2.65. The molecule has 1 rings (SSSR count). The predicted molar refractivity (Wildman–Crippen MR) is 66.8 cm³/mol. The topological polar surface area (TPSA) is 111 Å². The lowest BCUT2D eigenvalue weighted by Crippen LogP contribution is -1.98. The number of hydrogen-bond donors (Lipinski definition) is 1. The van der Waals surface area contributed by atoms with Crippen LogP contribution in [0.25, 0.3) is 0 Å². The molecule has 0 heterocycles. The second kappa shape index (κ2) is 6.28. The van der Waals surface area contributed by atoms with Crippen molar-refractivity contribution in [3.63, 3.8) is 0 Å². The molecule has 0 fully saturated rings. The molecule has 0 spiro atoms. The van der Waals surface area contributed by atoms with E-state index in [1.807, 2.05) is 6.92 Å². The summed E-state index contributed by atoms with van der Waals surface area (Å²) in [5.41, 5.74) is -0.305. The van der Waals surface area contributed by atoms with Crippen molar-refractivity contribution < 1.29 is 14.0 Å². The molecule has 1 N–H and O–H groups in total. The number of unbranched alkanes of at least 4 members (excludes halogenated alkanes) is 1. The Labute approximate surface area is 107 Å². The highest BCUT2D eigenvalue weighted by molar-refractivity contribution is 5.67. The maximum absolute atomic E-state index is 11.0. The van der Waals surface area contributed by atoms with Gasteiger partial charge >= 0.3 is 5.69 Å². The van der Waals surface area contributed by atoms with E-state index in [-0.39, 0.29) is 0 Å². The van der Waals surface area contributed by atoms with Gasteiger partial charge in [-0.25, -0.2) is 0 Å². The molecule has 0 aromatic heterocycles. The number of benzene rings is 1. The zero-order chi connectivity index (χ0) is 16.2. The molecule has 0 unspecified atom stereocenters. The van der Waals surface area contributed by atoms with Crippen LogP contribution < -0.4 is 5.43 Å². The van der Waals surface area contributed by atoms with Gasteiger partial charge in [-0.1, -0.05) is 13.3 Å². The molecule has 0 aliphatic heterocycles. The summed E-state index contributed by atoms with van der Waals surface area (Å²) in [7, 11) is 0. The van der Waals surface area contributed by atoms with Gasteiger partial charge < -0.3 is 0 Å². The Morgan fingerprint density at radius 2 is 2.17 bits per heavy atom. The van der Waals surface area contributed by atoms with Crippen LogP contribution in [-0.2, 0) is 0 Å². The molecule has 8 nitrogen and oxygen atoms in total. The first-order valence-electron chi connectivity index (χ1n) is 6.52. The normalized spacial score (nSPS) is 12.8. The molecule has 0 aliphatic rings. The van der Waals surface area contributed by atoms with E-state index in [2.05, 4.69) is 10.5 Å².